The molecule has 2 aromatic carbocycles. The third-order valence-electron chi connectivity index (χ3n) is 5.38. The number of amides is 3. The van der Waals surface area contributed by atoms with E-state index in [0.717, 1.165) is 21.3 Å². The SMILES string of the molecule is COc1ccc(OC)c(S(=O)(=O)N2CCC3NC(=O)N(c4ccc(F)cc4)C(=O)C32)c1. The number of ether oxygens (including phenoxy) is 2. The van der Waals surface area contributed by atoms with Gasteiger partial charge in [0.2, 0.25) is 10.0 Å². The highest BCUT2D eigenvalue weighted by molar-refractivity contribution is 7.89. The van der Waals surface area contributed by atoms with Crippen molar-refractivity contribution in [2.24, 2.45) is 0 Å². The highest BCUT2D eigenvalue weighted by atomic mass is 32.2. The number of nitrogens with zero attached hydrogens (tertiary/aromatic N) is 2. The van der Waals surface area contributed by atoms with E-state index < -0.39 is 39.9 Å². The molecule has 0 aliphatic carbocycles. The average molecular weight is 449 g/mol. The van der Waals surface area contributed by atoms with Gasteiger partial charge in [0.25, 0.3) is 5.91 Å². The summed E-state index contributed by atoms with van der Waals surface area (Å²) in [5, 5.41) is 2.69. The topological polar surface area (TPSA) is 105 Å². The van der Waals surface area contributed by atoms with Crippen LogP contribution in [0.25, 0.3) is 0 Å². The molecule has 0 spiro atoms. The van der Waals surface area contributed by atoms with Crippen LogP contribution in [-0.2, 0) is 14.8 Å². The predicted octanol–water partition coefficient (Wildman–Crippen LogP) is 1.73. The number of rotatable bonds is 5. The van der Waals surface area contributed by atoms with Crippen molar-refractivity contribution in [1.82, 2.24) is 9.62 Å². The van der Waals surface area contributed by atoms with Gasteiger partial charge in [0.1, 0.15) is 28.3 Å². The van der Waals surface area contributed by atoms with Crippen molar-refractivity contribution >= 4 is 27.6 Å². The summed E-state index contributed by atoms with van der Waals surface area (Å²) in [5.41, 5.74) is 0.144. The number of imide groups is 1. The molecule has 2 saturated heterocycles. The minimum Gasteiger partial charge on any atom is -0.497 e. The summed E-state index contributed by atoms with van der Waals surface area (Å²) in [7, 11) is -1.43. The number of fused-ring (bicyclic) bond motifs is 1. The molecule has 2 fully saturated rings. The van der Waals surface area contributed by atoms with Crippen molar-refractivity contribution in [1.29, 1.82) is 0 Å². The van der Waals surface area contributed by atoms with E-state index in [1.807, 2.05) is 0 Å². The number of sulfonamides is 1. The number of anilines is 1. The molecule has 0 saturated carbocycles. The van der Waals surface area contributed by atoms with Gasteiger partial charge in [-0.25, -0.2) is 22.5 Å². The van der Waals surface area contributed by atoms with Crippen LogP contribution >= 0.6 is 0 Å². The molecule has 2 aliphatic heterocycles. The van der Waals surface area contributed by atoms with Gasteiger partial charge in [0.05, 0.1) is 25.9 Å². The molecule has 1 N–H and O–H groups in total. The molecule has 2 aromatic rings. The fourth-order valence-corrected chi connectivity index (χ4v) is 5.69. The van der Waals surface area contributed by atoms with Crippen molar-refractivity contribution in [2.45, 2.75) is 23.4 Å². The van der Waals surface area contributed by atoms with Crippen molar-refractivity contribution < 1.29 is 31.9 Å². The van der Waals surface area contributed by atoms with Crippen molar-refractivity contribution in [2.75, 3.05) is 25.7 Å². The highest BCUT2D eigenvalue weighted by Crippen LogP contribution is 2.36. The van der Waals surface area contributed by atoms with E-state index in [9.17, 15) is 22.4 Å². The maximum atomic E-state index is 13.5. The van der Waals surface area contributed by atoms with Gasteiger partial charge >= 0.3 is 6.03 Å². The van der Waals surface area contributed by atoms with Crippen LogP contribution < -0.4 is 19.7 Å². The molecule has 3 amide bonds. The van der Waals surface area contributed by atoms with Crippen molar-refractivity contribution in [3.05, 3.63) is 48.3 Å². The smallest absolute Gasteiger partial charge is 0.329 e. The van der Waals surface area contributed by atoms with E-state index in [1.165, 1.54) is 38.5 Å². The third-order valence-corrected chi connectivity index (χ3v) is 7.28. The number of carbonyl (C=O) groups is 2. The van der Waals surface area contributed by atoms with E-state index in [2.05, 4.69) is 5.32 Å². The Bertz CT molecular complexity index is 1140. The number of carbonyl (C=O) groups excluding carboxylic acids is 2. The van der Waals surface area contributed by atoms with E-state index in [1.54, 1.807) is 6.07 Å². The van der Waals surface area contributed by atoms with Gasteiger partial charge in [-0.1, -0.05) is 0 Å². The summed E-state index contributed by atoms with van der Waals surface area (Å²) in [6, 6.07) is 6.64. The first-order chi connectivity index (χ1) is 14.8. The molecule has 2 heterocycles. The summed E-state index contributed by atoms with van der Waals surface area (Å²) in [6.07, 6.45) is 0.269. The Hall–Kier alpha value is -3.18. The van der Waals surface area contributed by atoms with E-state index in [0.29, 0.717) is 5.75 Å². The van der Waals surface area contributed by atoms with E-state index in [-0.39, 0.29) is 29.3 Å². The lowest BCUT2D eigenvalue weighted by Gasteiger charge is -2.36. The lowest BCUT2D eigenvalue weighted by Crippen LogP contribution is -2.64. The van der Waals surface area contributed by atoms with Crippen LogP contribution in [0.3, 0.4) is 0 Å². The number of nitrogens with one attached hydrogen (secondary N) is 1. The van der Waals surface area contributed by atoms with Crippen molar-refractivity contribution in [3.8, 4) is 11.5 Å². The van der Waals surface area contributed by atoms with Crippen LogP contribution in [0.4, 0.5) is 14.9 Å². The van der Waals surface area contributed by atoms with E-state index >= 15 is 0 Å². The van der Waals surface area contributed by atoms with Gasteiger partial charge < -0.3 is 14.8 Å². The maximum absolute atomic E-state index is 13.5. The lowest BCUT2D eigenvalue weighted by molar-refractivity contribution is -0.122. The zero-order chi connectivity index (χ0) is 22.3. The minimum atomic E-state index is -4.18. The highest BCUT2D eigenvalue weighted by Gasteiger charge is 2.52. The first-order valence-electron chi connectivity index (χ1n) is 9.42. The molecule has 0 aromatic heterocycles. The largest absolute Gasteiger partial charge is 0.497 e. The normalized spacial score (nSPS) is 21.6. The molecular weight excluding hydrogens is 429 g/mol. The van der Waals surface area contributed by atoms with Gasteiger partial charge in [-0.2, -0.15) is 4.31 Å². The zero-order valence-electron chi connectivity index (χ0n) is 16.7. The number of benzene rings is 2. The molecule has 2 aliphatic rings. The number of methoxy groups -OCH3 is 2. The Kier molecular flexibility index (Phi) is 5.31. The lowest BCUT2D eigenvalue weighted by atomic mass is 10.1. The van der Waals surface area contributed by atoms with Crippen LogP contribution in [0, 0.1) is 5.82 Å². The van der Waals surface area contributed by atoms with Gasteiger partial charge in [-0.05, 0) is 42.8 Å². The van der Waals surface area contributed by atoms with Crippen LogP contribution in [0.1, 0.15) is 6.42 Å². The maximum Gasteiger partial charge on any atom is 0.329 e. The Balaban J connectivity index is 1.74. The summed E-state index contributed by atoms with van der Waals surface area (Å²) in [5.74, 6) is -0.816. The number of hydrogen-bond donors (Lipinski definition) is 1. The monoisotopic (exact) mass is 449 g/mol. The summed E-state index contributed by atoms with van der Waals surface area (Å²) < 4.78 is 51.7. The average Bonchev–Trinajstić information content (AvgIpc) is 3.19. The molecule has 2 unspecified atom stereocenters. The summed E-state index contributed by atoms with van der Waals surface area (Å²) in [6.45, 7) is 0.0291. The fourth-order valence-electron chi connectivity index (χ4n) is 3.88. The molecule has 31 heavy (non-hydrogen) atoms. The molecule has 0 bridgehead atoms. The first-order valence-corrected chi connectivity index (χ1v) is 10.9. The van der Waals surface area contributed by atoms with Gasteiger partial charge in [0.15, 0.2) is 0 Å². The number of halogens is 1. The minimum absolute atomic E-state index is 0.0291. The zero-order valence-corrected chi connectivity index (χ0v) is 17.6. The first kappa shape index (κ1) is 21.1. The quantitative estimate of drug-likeness (QED) is 0.746. The van der Waals surface area contributed by atoms with Crippen LogP contribution in [0.5, 0.6) is 11.5 Å². The summed E-state index contributed by atoms with van der Waals surface area (Å²) in [4.78, 5) is 26.5. The molecule has 2 atom stereocenters. The number of urea groups is 1. The molecule has 4 rings (SSSR count). The third kappa shape index (κ3) is 3.49. The Morgan fingerprint density at radius 2 is 1.77 bits per heavy atom. The fraction of sp³-hybridized carbons (Fsp3) is 0.300. The molecule has 9 nitrogen and oxygen atoms in total. The second-order valence-corrected chi connectivity index (χ2v) is 8.93. The van der Waals surface area contributed by atoms with Gasteiger partial charge in [-0.3, -0.25) is 4.79 Å². The molecule has 164 valence electrons. The number of hydrogen-bond acceptors (Lipinski definition) is 6. The Labute approximate surface area is 178 Å². The van der Waals surface area contributed by atoms with Crippen LogP contribution in [0.15, 0.2) is 47.4 Å². The van der Waals surface area contributed by atoms with Crippen molar-refractivity contribution in [3.63, 3.8) is 0 Å². The predicted molar refractivity (Wildman–Crippen MR) is 108 cm³/mol. The Morgan fingerprint density at radius 3 is 2.42 bits per heavy atom. The van der Waals surface area contributed by atoms with Crippen LogP contribution in [0.2, 0.25) is 0 Å². The van der Waals surface area contributed by atoms with E-state index in [4.69, 9.17) is 9.47 Å². The molecule has 11 heteroatoms. The molecule has 0 radical (unpaired) electrons. The van der Waals surface area contributed by atoms with Gasteiger partial charge in [-0.15, -0.1) is 0 Å². The Morgan fingerprint density at radius 1 is 1.06 bits per heavy atom. The van der Waals surface area contributed by atoms with Gasteiger partial charge in [0, 0.05) is 12.6 Å². The van der Waals surface area contributed by atoms with Crippen LogP contribution in [-0.4, -0.2) is 57.5 Å². The standard InChI is InChI=1S/C20H20FN3O6S/c1-29-14-7-8-16(30-2)17(11-14)31(27,28)23-10-9-15-18(23)19(25)24(20(26)22-15)13-5-3-12(21)4-6-13/h3-8,11,15,18H,9-10H2,1-2H3,(H,22,26). The molecular formula is C20H20FN3O6S. The second kappa shape index (κ2) is 7.82. The second-order valence-electron chi connectivity index (χ2n) is 7.07. The summed E-state index contributed by atoms with van der Waals surface area (Å²) >= 11 is 0.